The van der Waals surface area contributed by atoms with E-state index in [0.29, 0.717) is 18.9 Å². The first-order chi connectivity index (χ1) is 18.6. The van der Waals surface area contributed by atoms with Gasteiger partial charge in [0.2, 0.25) is 0 Å². The summed E-state index contributed by atoms with van der Waals surface area (Å²) in [4.78, 5) is 21.1. The number of aromatic nitrogens is 2. The summed E-state index contributed by atoms with van der Waals surface area (Å²) in [5.74, 6) is 1.29. The van der Waals surface area contributed by atoms with Gasteiger partial charge in [0, 0.05) is 18.0 Å². The Bertz CT molecular complexity index is 911. The third kappa shape index (κ3) is 10.7. The zero-order valence-corrected chi connectivity index (χ0v) is 23.5. The largest absolute Gasteiger partial charge is 0.493 e. The minimum atomic E-state index is -1.49. The topological polar surface area (TPSA) is 61.3 Å². The number of rotatable bonds is 17. The molecule has 1 fully saturated rings. The van der Waals surface area contributed by atoms with E-state index in [2.05, 4.69) is 16.9 Å². The van der Waals surface area contributed by atoms with E-state index in [-0.39, 0.29) is 12.5 Å². The van der Waals surface area contributed by atoms with E-state index in [1.165, 1.54) is 50.5 Å². The molecule has 3 rings (SSSR count). The molecule has 0 spiro atoms. The SMILES string of the molecule is CCCCCCCCCc1cnc(-c2ccc(OCC3CCC(OC(=O)[C@@H](F)CCCC)CC3)cc2)nc1. The van der Waals surface area contributed by atoms with Crippen molar-refractivity contribution in [2.75, 3.05) is 6.61 Å². The van der Waals surface area contributed by atoms with Crippen LogP contribution in [-0.2, 0) is 16.0 Å². The van der Waals surface area contributed by atoms with Crippen molar-refractivity contribution in [3.63, 3.8) is 0 Å². The Morgan fingerprint density at radius 1 is 0.895 bits per heavy atom. The number of esters is 1. The van der Waals surface area contributed by atoms with E-state index in [1.807, 2.05) is 43.6 Å². The van der Waals surface area contributed by atoms with Gasteiger partial charge in [0.15, 0.2) is 12.0 Å². The first kappa shape index (κ1) is 30.0. The van der Waals surface area contributed by atoms with Gasteiger partial charge in [0.05, 0.1) is 6.61 Å². The summed E-state index contributed by atoms with van der Waals surface area (Å²) < 4.78 is 25.3. The van der Waals surface area contributed by atoms with Crippen LogP contribution in [0.5, 0.6) is 5.75 Å². The van der Waals surface area contributed by atoms with E-state index >= 15 is 0 Å². The van der Waals surface area contributed by atoms with Crippen molar-refractivity contribution in [3.05, 3.63) is 42.2 Å². The van der Waals surface area contributed by atoms with Gasteiger partial charge in [-0.3, -0.25) is 0 Å². The van der Waals surface area contributed by atoms with Crippen molar-refractivity contribution >= 4 is 5.97 Å². The third-order valence-electron chi connectivity index (χ3n) is 7.52. The number of aryl methyl sites for hydroxylation is 1. The maximum Gasteiger partial charge on any atom is 0.340 e. The molecular formula is C32H47FN2O3. The fourth-order valence-electron chi connectivity index (χ4n) is 4.99. The highest BCUT2D eigenvalue weighted by atomic mass is 19.1. The Hall–Kier alpha value is -2.50. The lowest BCUT2D eigenvalue weighted by Crippen LogP contribution is -2.30. The summed E-state index contributed by atoms with van der Waals surface area (Å²) in [6, 6.07) is 7.94. The smallest absolute Gasteiger partial charge is 0.340 e. The summed E-state index contributed by atoms with van der Waals surface area (Å²) in [6.07, 6.45) is 17.7. The number of ether oxygens (including phenoxy) is 2. The normalized spacial score (nSPS) is 18.2. The Morgan fingerprint density at radius 3 is 2.18 bits per heavy atom. The first-order valence-corrected chi connectivity index (χ1v) is 15.0. The number of unbranched alkanes of at least 4 members (excludes halogenated alkanes) is 7. The molecule has 1 aliphatic carbocycles. The number of halogens is 1. The van der Waals surface area contributed by atoms with E-state index < -0.39 is 12.1 Å². The molecule has 0 aliphatic heterocycles. The molecule has 5 nitrogen and oxygen atoms in total. The predicted octanol–water partition coefficient (Wildman–Crippen LogP) is 8.45. The molecule has 1 aliphatic rings. The molecule has 1 heterocycles. The zero-order valence-electron chi connectivity index (χ0n) is 23.5. The summed E-state index contributed by atoms with van der Waals surface area (Å²) in [6.45, 7) is 4.87. The lowest BCUT2D eigenvalue weighted by atomic mass is 9.88. The lowest BCUT2D eigenvalue weighted by Gasteiger charge is -2.28. The Labute approximate surface area is 229 Å². The van der Waals surface area contributed by atoms with Crippen molar-refractivity contribution in [3.8, 4) is 17.1 Å². The third-order valence-corrected chi connectivity index (χ3v) is 7.52. The van der Waals surface area contributed by atoms with Crippen LogP contribution in [0.15, 0.2) is 36.7 Å². The molecule has 0 N–H and O–H groups in total. The fraction of sp³-hybridized carbons (Fsp3) is 0.656. The van der Waals surface area contributed by atoms with Crippen LogP contribution in [0, 0.1) is 5.92 Å². The van der Waals surface area contributed by atoms with Gasteiger partial charge in [-0.1, -0.05) is 65.2 Å². The number of benzene rings is 1. The van der Waals surface area contributed by atoms with Gasteiger partial charge in [-0.15, -0.1) is 0 Å². The number of carbonyl (C=O) groups is 1. The standard InChI is InChI=1S/C32H47FN2O3/c1-3-5-7-8-9-10-11-12-26-22-34-31(35-23-26)27-16-20-28(21-17-27)37-24-25-14-18-29(19-15-25)38-32(36)30(33)13-6-4-2/h16-17,20-23,25,29-30H,3-15,18-19,24H2,1-2H3/t25?,29?,30-/m0/s1. The summed E-state index contributed by atoms with van der Waals surface area (Å²) >= 11 is 0. The second kappa shape index (κ2) is 17.2. The molecule has 1 saturated carbocycles. The van der Waals surface area contributed by atoms with Crippen LogP contribution in [-0.4, -0.2) is 34.8 Å². The van der Waals surface area contributed by atoms with Crippen molar-refractivity contribution in [2.45, 2.75) is 122 Å². The van der Waals surface area contributed by atoms with E-state index in [4.69, 9.17) is 9.47 Å². The van der Waals surface area contributed by atoms with Gasteiger partial charge in [0.25, 0.3) is 0 Å². The van der Waals surface area contributed by atoms with Gasteiger partial charge < -0.3 is 9.47 Å². The summed E-state index contributed by atoms with van der Waals surface area (Å²) in [7, 11) is 0. The molecule has 2 aromatic rings. The average Bonchev–Trinajstić information content (AvgIpc) is 2.95. The van der Waals surface area contributed by atoms with Crippen molar-refractivity contribution in [1.82, 2.24) is 9.97 Å². The number of hydrogen-bond donors (Lipinski definition) is 0. The number of carbonyl (C=O) groups excluding carboxylic acids is 1. The molecule has 0 unspecified atom stereocenters. The molecule has 1 atom stereocenters. The molecule has 0 radical (unpaired) electrons. The molecule has 0 saturated heterocycles. The average molecular weight is 527 g/mol. The zero-order chi connectivity index (χ0) is 27.0. The number of alkyl halides is 1. The maximum atomic E-state index is 13.9. The molecule has 0 amide bonds. The van der Waals surface area contributed by atoms with Gasteiger partial charge in [-0.25, -0.2) is 19.2 Å². The van der Waals surface area contributed by atoms with Gasteiger partial charge in [-0.2, -0.15) is 0 Å². The van der Waals surface area contributed by atoms with Crippen molar-refractivity contribution in [2.24, 2.45) is 5.92 Å². The minimum absolute atomic E-state index is 0.167. The first-order valence-electron chi connectivity index (χ1n) is 15.0. The second-order valence-corrected chi connectivity index (χ2v) is 10.8. The lowest BCUT2D eigenvalue weighted by molar-refractivity contribution is -0.157. The van der Waals surface area contributed by atoms with E-state index in [9.17, 15) is 9.18 Å². The number of nitrogens with zero attached hydrogens (tertiary/aromatic N) is 2. The molecule has 1 aromatic heterocycles. The highest BCUT2D eigenvalue weighted by molar-refractivity contribution is 5.74. The van der Waals surface area contributed by atoms with Crippen LogP contribution in [0.3, 0.4) is 0 Å². The quantitative estimate of drug-likeness (QED) is 0.153. The molecule has 38 heavy (non-hydrogen) atoms. The van der Waals surface area contributed by atoms with Gasteiger partial charge in [0.1, 0.15) is 11.9 Å². The highest BCUT2D eigenvalue weighted by Crippen LogP contribution is 2.28. The molecule has 0 bridgehead atoms. The van der Waals surface area contributed by atoms with Crippen LogP contribution >= 0.6 is 0 Å². The fourth-order valence-corrected chi connectivity index (χ4v) is 4.99. The van der Waals surface area contributed by atoms with Gasteiger partial charge in [-0.05, 0) is 80.7 Å². The summed E-state index contributed by atoms with van der Waals surface area (Å²) in [5.41, 5.74) is 2.18. The predicted molar refractivity (Wildman–Crippen MR) is 151 cm³/mol. The van der Waals surface area contributed by atoms with E-state index in [0.717, 1.165) is 55.7 Å². The van der Waals surface area contributed by atoms with Crippen molar-refractivity contribution in [1.29, 1.82) is 0 Å². The molecule has 6 heteroatoms. The van der Waals surface area contributed by atoms with Crippen LogP contribution in [0.25, 0.3) is 11.4 Å². The monoisotopic (exact) mass is 526 g/mol. The second-order valence-electron chi connectivity index (χ2n) is 10.8. The summed E-state index contributed by atoms with van der Waals surface area (Å²) in [5, 5.41) is 0. The Kier molecular flexibility index (Phi) is 13.6. The minimum Gasteiger partial charge on any atom is -0.493 e. The Balaban J connectivity index is 1.33. The van der Waals surface area contributed by atoms with Crippen LogP contribution in [0.1, 0.15) is 109 Å². The van der Waals surface area contributed by atoms with Crippen LogP contribution in [0.2, 0.25) is 0 Å². The molecular weight excluding hydrogens is 479 g/mol. The molecule has 1 aromatic carbocycles. The molecule has 210 valence electrons. The highest BCUT2D eigenvalue weighted by Gasteiger charge is 2.27. The number of hydrogen-bond acceptors (Lipinski definition) is 5. The van der Waals surface area contributed by atoms with Crippen LogP contribution < -0.4 is 4.74 Å². The van der Waals surface area contributed by atoms with Crippen LogP contribution in [0.4, 0.5) is 4.39 Å². The van der Waals surface area contributed by atoms with E-state index in [1.54, 1.807) is 0 Å². The van der Waals surface area contributed by atoms with Gasteiger partial charge >= 0.3 is 5.97 Å². The Morgan fingerprint density at radius 2 is 1.53 bits per heavy atom. The maximum absolute atomic E-state index is 13.9. The van der Waals surface area contributed by atoms with Crippen molar-refractivity contribution < 1.29 is 18.7 Å².